The predicted octanol–water partition coefficient (Wildman–Crippen LogP) is 4.24. The number of aryl methyl sites for hydroxylation is 1. The summed E-state index contributed by atoms with van der Waals surface area (Å²) in [6, 6.07) is 6.31. The van der Waals surface area contributed by atoms with Gasteiger partial charge in [0, 0.05) is 42.1 Å². The first-order valence-electron chi connectivity index (χ1n) is 11.9. The van der Waals surface area contributed by atoms with Crippen LogP contribution in [0.15, 0.2) is 49.6 Å². The summed E-state index contributed by atoms with van der Waals surface area (Å²) in [4.78, 5) is 20.8. The summed E-state index contributed by atoms with van der Waals surface area (Å²) < 4.78 is 2.13. The Hall–Kier alpha value is -3.81. The van der Waals surface area contributed by atoms with Gasteiger partial charge in [-0.3, -0.25) is 14.6 Å². The van der Waals surface area contributed by atoms with Gasteiger partial charge in [0.25, 0.3) is 0 Å². The Morgan fingerprint density at radius 3 is 2.44 bits per heavy atom. The van der Waals surface area contributed by atoms with Gasteiger partial charge in [0.2, 0.25) is 5.95 Å². The van der Waals surface area contributed by atoms with Gasteiger partial charge in [-0.25, -0.2) is 9.97 Å². The third kappa shape index (κ3) is 3.79. The number of pyridine rings is 2. The zero-order chi connectivity index (χ0) is 23.2. The SMILES string of the molecule is C=C(N)c1ccc(-c2cc3cnn(C4CCN(c5ncc(C6CC6)cn5)CC4)c3cn2)c(C)n1. The van der Waals surface area contributed by atoms with Crippen molar-refractivity contribution in [1.82, 2.24) is 29.7 Å². The number of nitrogens with zero attached hydrogens (tertiary/aromatic N) is 7. The van der Waals surface area contributed by atoms with Gasteiger partial charge in [-0.05, 0) is 62.3 Å². The van der Waals surface area contributed by atoms with E-state index < -0.39 is 0 Å². The molecule has 6 rings (SSSR count). The molecule has 1 saturated heterocycles. The zero-order valence-corrected chi connectivity index (χ0v) is 19.4. The van der Waals surface area contributed by atoms with Crippen LogP contribution in [-0.4, -0.2) is 42.8 Å². The summed E-state index contributed by atoms with van der Waals surface area (Å²) in [5.74, 6) is 1.53. The van der Waals surface area contributed by atoms with Gasteiger partial charge in [-0.2, -0.15) is 5.10 Å². The highest BCUT2D eigenvalue weighted by Gasteiger charge is 2.26. The monoisotopic (exact) mass is 452 g/mol. The Bertz CT molecular complexity index is 1360. The van der Waals surface area contributed by atoms with Crippen molar-refractivity contribution < 1.29 is 0 Å². The van der Waals surface area contributed by atoms with E-state index in [4.69, 9.17) is 15.8 Å². The molecule has 2 fully saturated rings. The lowest BCUT2D eigenvalue weighted by molar-refractivity contribution is 0.373. The third-order valence-corrected chi connectivity index (χ3v) is 6.97. The van der Waals surface area contributed by atoms with Gasteiger partial charge >= 0.3 is 0 Å². The maximum atomic E-state index is 5.79. The number of anilines is 1. The molecule has 34 heavy (non-hydrogen) atoms. The maximum Gasteiger partial charge on any atom is 0.225 e. The normalized spacial score (nSPS) is 16.8. The van der Waals surface area contributed by atoms with Crippen molar-refractivity contribution in [3.8, 4) is 11.3 Å². The summed E-state index contributed by atoms with van der Waals surface area (Å²) >= 11 is 0. The fraction of sp³-hybridized carbons (Fsp3) is 0.346. The highest BCUT2D eigenvalue weighted by molar-refractivity contribution is 5.82. The molecule has 5 heterocycles. The van der Waals surface area contributed by atoms with Crippen LogP contribution in [0.5, 0.6) is 0 Å². The van der Waals surface area contributed by atoms with Crippen molar-refractivity contribution in [2.45, 2.75) is 44.6 Å². The average molecular weight is 453 g/mol. The lowest BCUT2D eigenvalue weighted by atomic mass is 10.0. The van der Waals surface area contributed by atoms with Crippen LogP contribution >= 0.6 is 0 Å². The van der Waals surface area contributed by atoms with Gasteiger partial charge in [0.05, 0.1) is 41.0 Å². The Morgan fingerprint density at radius 2 is 1.76 bits per heavy atom. The number of piperidine rings is 1. The molecule has 0 unspecified atom stereocenters. The zero-order valence-electron chi connectivity index (χ0n) is 19.4. The molecule has 172 valence electrons. The van der Waals surface area contributed by atoms with Gasteiger partial charge in [-0.1, -0.05) is 6.58 Å². The molecule has 1 saturated carbocycles. The minimum atomic E-state index is 0.338. The maximum absolute atomic E-state index is 5.79. The van der Waals surface area contributed by atoms with Gasteiger partial charge in [0.1, 0.15) is 0 Å². The minimum Gasteiger partial charge on any atom is -0.397 e. The molecule has 0 aromatic carbocycles. The molecule has 0 radical (unpaired) electrons. The number of rotatable bonds is 5. The summed E-state index contributed by atoms with van der Waals surface area (Å²) in [5, 5.41) is 5.81. The van der Waals surface area contributed by atoms with Crippen molar-refractivity contribution in [3.63, 3.8) is 0 Å². The van der Waals surface area contributed by atoms with Gasteiger partial charge < -0.3 is 10.6 Å². The molecular weight excluding hydrogens is 424 g/mol. The Balaban J connectivity index is 1.18. The number of hydrogen-bond donors (Lipinski definition) is 1. The molecule has 0 bridgehead atoms. The van der Waals surface area contributed by atoms with E-state index in [1.165, 1.54) is 18.4 Å². The van der Waals surface area contributed by atoms with Crippen molar-refractivity contribution in [2.75, 3.05) is 18.0 Å². The first kappa shape index (κ1) is 20.8. The van der Waals surface area contributed by atoms with Crippen molar-refractivity contribution in [3.05, 3.63) is 66.5 Å². The quantitative estimate of drug-likeness (QED) is 0.483. The molecule has 8 heteroatoms. The van der Waals surface area contributed by atoms with E-state index in [9.17, 15) is 0 Å². The lowest BCUT2D eigenvalue weighted by Crippen LogP contribution is -2.36. The van der Waals surface area contributed by atoms with Gasteiger partial charge in [-0.15, -0.1) is 0 Å². The lowest BCUT2D eigenvalue weighted by Gasteiger charge is -2.32. The molecule has 2 aliphatic rings. The second-order valence-electron chi connectivity index (χ2n) is 9.38. The minimum absolute atomic E-state index is 0.338. The number of nitrogens with two attached hydrogens (primary N) is 1. The molecule has 4 aromatic rings. The predicted molar refractivity (Wildman–Crippen MR) is 133 cm³/mol. The average Bonchev–Trinajstić information content (AvgIpc) is 3.63. The molecule has 0 amide bonds. The van der Waals surface area contributed by atoms with E-state index in [0.29, 0.717) is 23.4 Å². The topological polar surface area (TPSA) is 98.6 Å². The van der Waals surface area contributed by atoms with Crippen LogP contribution in [0.3, 0.4) is 0 Å². The molecule has 4 aromatic heterocycles. The number of aromatic nitrogens is 6. The second-order valence-corrected chi connectivity index (χ2v) is 9.38. The number of fused-ring (bicyclic) bond motifs is 1. The molecule has 1 aliphatic carbocycles. The first-order valence-corrected chi connectivity index (χ1v) is 11.9. The van der Waals surface area contributed by atoms with Crippen molar-refractivity contribution in [2.24, 2.45) is 5.73 Å². The standard InChI is InChI=1S/C26H28N8/c1-16(27)23-6-5-22(17(2)32-23)24-11-19-14-31-34(25(19)15-28-24)21-7-9-33(10-8-21)26-29-12-20(13-30-26)18-3-4-18/h5-6,11-15,18,21H,1,3-4,7-10,27H2,2H3. The van der Waals surface area contributed by atoms with E-state index in [0.717, 1.165) is 59.7 Å². The van der Waals surface area contributed by atoms with Crippen LogP contribution in [0, 0.1) is 6.92 Å². The van der Waals surface area contributed by atoms with Crippen LogP contribution in [0.1, 0.15) is 54.6 Å². The Kier molecular flexibility index (Phi) is 5.01. The Labute approximate surface area is 198 Å². The van der Waals surface area contributed by atoms with Crippen molar-refractivity contribution in [1.29, 1.82) is 0 Å². The van der Waals surface area contributed by atoms with Crippen LogP contribution in [0.2, 0.25) is 0 Å². The fourth-order valence-corrected chi connectivity index (χ4v) is 4.83. The van der Waals surface area contributed by atoms with Crippen LogP contribution in [-0.2, 0) is 0 Å². The highest BCUT2D eigenvalue weighted by Crippen LogP contribution is 2.39. The van der Waals surface area contributed by atoms with Crippen LogP contribution in [0.4, 0.5) is 5.95 Å². The fourth-order valence-electron chi connectivity index (χ4n) is 4.83. The van der Waals surface area contributed by atoms with E-state index in [-0.39, 0.29) is 0 Å². The van der Waals surface area contributed by atoms with E-state index in [1.54, 1.807) is 0 Å². The van der Waals surface area contributed by atoms with E-state index in [1.807, 2.05) is 43.8 Å². The van der Waals surface area contributed by atoms with Crippen LogP contribution in [0.25, 0.3) is 27.9 Å². The summed E-state index contributed by atoms with van der Waals surface area (Å²) in [5.41, 5.74) is 12.0. The summed E-state index contributed by atoms with van der Waals surface area (Å²) in [6.45, 7) is 7.58. The van der Waals surface area contributed by atoms with Crippen LogP contribution < -0.4 is 10.6 Å². The largest absolute Gasteiger partial charge is 0.397 e. The highest BCUT2D eigenvalue weighted by atomic mass is 15.3. The smallest absolute Gasteiger partial charge is 0.225 e. The summed E-state index contributed by atoms with van der Waals surface area (Å²) in [6.07, 6.45) is 12.4. The molecule has 0 spiro atoms. The van der Waals surface area contributed by atoms with Gasteiger partial charge in [0.15, 0.2) is 0 Å². The third-order valence-electron chi connectivity index (χ3n) is 6.97. The van der Waals surface area contributed by atoms with E-state index >= 15 is 0 Å². The second kappa shape index (κ2) is 8.20. The molecular formula is C26H28N8. The molecule has 0 atom stereocenters. The van der Waals surface area contributed by atoms with Crippen molar-refractivity contribution >= 4 is 22.5 Å². The molecule has 1 aliphatic heterocycles. The summed E-state index contributed by atoms with van der Waals surface area (Å²) in [7, 11) is 0. The Morgan fingerprint density at radius 1 is 1.00 bits per heavy atom. The number of hydrogen-bond acceptors (Lipinski definition) is 7. The molecule has 8 nitrogen and oxygen atoms in total. The first-order chi connectivity index (χ1) is 16.6. The molecule has 2 N–H and O–H groups in total. The van der Waals surface area contributed by atoms with E-state index in [2.05, 4.69) is 37.2 Å².